The van der Waals surface area contributed by atoms with Crippen LogP contribution in [0.2, 0.25) is 5.02 Å². The van der Waals surface area contributed by atoms with Crippen LogP contribution in [0.25, 0.3) is 10.2 Å². The van der Waals surface area contributed by atoms with Crippen LogP contribution in [-0.2, 0) is 6.54 Å². The van der Waals surface area contributed by atoms with Crippen LogP contribution < -0.4 is 9.54 Å². The minimum absolute atomic E-state index is 0.327. The molecule has 118 valence electrons. The molecule has 6 heteroatoms. The fourth-order valence-electron chi connectivity index (χ4n) is 2.43. The Morgan fingerprint density at radius 2 is 2.04 bits per heavy atom. The first kappa shape index (κ1) is 15.8. The fourth-order valence-corrected chi connectivity index (χ4v) is 3.89. The van der Waals surface area contributed by atoms with Crippen LogP contribution in [0.5, 0.6) is 5.75 Å². The summed E-state index contributed by atoms with van der Waals surface area (Å²) in [6.45, 7) is 2.68. The van der Waals surface area contributed by atoms with Gasteiger partial charge in [-0.05, 0) is 31.2 Å². The molecule has 3 aromatic rings. The number of carbonyl (C=O) groups is 1. The molecule has 2 aromatic carbocycles. The maximum atomic E-state index is 12.5. The number of ether oxygens (including phenoxy) is 1. The Labute approximate surface area is 142 Å². The summed E-state index contributed by atoms with van der Waals surface area (Å²) < 4.78 is 8.19. The van der Waals surface area contributed by atoms with Gasteiger partial charge in [-0.25, -0.2) is 0 Å². The van der Waals surface area contributed by atoms with Crippen LogP contribution in [0.1, 0.15) is 17.3 Å². The van der Waals surface area contributed by atoms with E-state index in [9.17, 15) is 4.79 Å². The number of methoxy groups -OCH3 is 1. The van der Waals surface area contributed by atoms with Gasteiger partial charge in [-0.1, -0.05) is 41.1 Å². The summed E-state index contributed by atoms with van der Waals surface area (Å²) in [5.74, 6) is 0.191. The van der Waals surface area contributed by atoms with E-state index in [0.717, 1.165) is 10.2 Å². The second-order valence-electron chi connectivity index (χ2n) is 4.83. The third kappa shape index (κ3) is 2.90. The van der Waals surface area contributed by atoms with Crippen molar-refractivity contribution >= 4 is 39.1 Å². The van der Waals surface area contributed by atoms with E-state index in [4.69, 9.17) is 16.3 Å². The number of fused-ring (bicyclic) bond motifs is 1. The van der Waals surface area contributed by atoms with Gasteiger partial charge in [0, 0.05) is 6.54 Å². The van der Waals surface area contributed by atoms with Crippen molar-refractivity contribution in [2.75, 3.05) is 7.11 Å². The lowest BCUT2D eigenvalue weighted by atomic mass is 10.2. The van der Waals surface area contributed by atoms with Crippen LogP contribution in [0.3, 0.4) is 0 Å². The molecule has 0 radical (unpaired) electrons. The van der Waals surface area contributed by atoms with Gasteiger partial charge in [0.05, 0.1) is 27.9 Å². The molecule has 0 aliphatic carbocycles. The van der Waals surface area contributed by atoms with E-state index in [1.165, 1.54) is 18.4 Å². The van der Waals surface area contributed by atoms with Gasteiger partial charge in [0.15, 0.2) is 4.80 Å². The number of amides is 1. The zero-order chi connectivity index (χ0) is 16.4. The Hall–Kier alpha value is -2.11. The largest absolute Gasteiger partial charge is 0.496 e. The van der Waals surface area contributed by atoms with Crippen molar-refractivity contribution in [3.8, 4) is 5.75 Å². The number of aryl methyl sites for hydroxylation is 1. The van der Waals surface area contributed by atoms with Crippen molar-refractivity contribution in [1.82, 2.24) is 4.57 Å². The first-order valence-corrected chi connectivity index (χ1v) is 8.35. The Bertz CT molecular complexity index is 943. The first-order chi connectivity index (χ1) is 11.2. The van der Waals surface area contributed by atoms with Crippen LogP contribution in [-0.4, -0.2) is 17.6 Å². The summed E-state index contributed by atoms with van der Waals surface area (Å²) in [6.07, 6.45) is 0. The Morgan fingerprint density at radius 3 is 2.78 bits per heavy atom. The van der Waals surface area contributed by atoms with Crippen molar-refractivity contribution in [3.05, 3.63) is 57.9 Å². The fraction of sp³-hybridized carbons (Fsp3) is 0.176. The molecular weight excluding hydrogens is 332 g/mol. The second-order valence-corrected chi connectivity index (χ2v) is 6.25. The van der Waals surface area contributed by atoms with Crippen LogP contribution in [0, 0.1) is 0 Å². The molecule has 1 amide bonds. The van der Waals surface area contributed by atoms with Gasteiger partial charge in [0.2, 0.25) is 0 Å². The molecule has 0 atom stereocenters. The minimum Gasteiger partial charge on any atom is -0.496 e. The number of aromatic nitrogens is 1. The van der Waals surface area contributed by atoms with Crippen molar-refractivity contribution in [2.45, 2.75) is 13.5 Å². The normalized spacial score (nSPS) is 11.9. The molecule has 1 aromatic heterocycles. The quantitative estimate of drug-likeness (QED) is 0.715. The molecular formula is C17H15ClN2O2S. The molecule has 23 heavy (non-hydrogen) atoms. The molecule has 0 fully saturated rings. The monoisotopic (exact) mass is 346 g/mol. The van der Waals surface area contributed by atoms with Crippen molar-refractivity contribution in [2.24, 2.45) is 4.99 Å². The predicted octanol–water partition coefficient (Wildman–Crippen LogP) is 4.13. The topological polar surface area (TPSA) is 43.6 Å². The van der Waals surface area contributed by atoms with Gasteiger partial charge in [0.1, 0.15) is 5.75 Å². The van der Waals surface area contributed by atoms with Gasteiger partial charge < -0.3 is 9.30 Å². The third-order valence-electron chi connectivity index (χ3n) is 3.50. The summed E-state index contributed by atoms with van der Waals surface area (Å²) in [7, 11) is 1.54. The molecule has 0 bridgehead atoms. The maximum absolute atomic E-state index is 12.5. The highest BCUT2D eigenvalue weighted by Crippen LogP contribution is 2.25. The van der Waals surface area contributed by atoms with Gasteiger partial charge in [-0.2, -0.15) is 4.99 Å². The predicted molar refractivity (Wildman–Crippen MR) is 93.4 cm³/mol. The lowest BCUT2D eigenvalue weighted by molar-refractivity contribution is 0.0995. The number of halogens is 1. The Balaban J connectivity index is 2.18. The van der Waals surface area contributed by atoms with E-state index in [1.807, 2.05) is 35.8 Å². The van der Waals surface area contributed by atoms with Gasteiger partial charge >= 0.3 is 0 Å². The lowest BCUT2D eigenvalue weighted by Crippen LogP contribution is -2.16. The highest BCUT2D eigenvalue weighted by atomic mass is 35.5. The number of rotatable bonds is 3. The molecule has 0 unspecified atom stereocenters. The standard InChI is InChI=1S/C17H15ClN2O2S/c1-3-20-15-12(18)8-6-10-14(15)23-17(20)19-16(21)11-7-4-5-9-13(11)22-2/h4-10H,3H2,1-2H3. The molecule has 0 spiro atoms. The zero-order valence-electron chi connectivity index (χ0n) is 12.7. The Morgan fingerprint density at radius 1 is 1.26 bits per heavy atom. The highest BCUT2D eigenvalue weighted by Gasteiger charge is 2.13. The number of hydrogen-bond donors (Lipinski definition) is 0. The first-order valence-electron chi connectivity index (χ1n) is 7.15. The van der Waals surface area contributed by atoms with E-state index in [1.54, 1.807) is 18.2 Å². The molecule has 0 aliphatic heterocycles. The number of benzene rings is 2. The SMILES string of the molecule is CCn1c(=NC(=O)c2ccccc2OC)sc2cccc(Cl)c21. The lowest BCUT2D eigenvalue weighted by Gasteiger charge is -2.04. The van der Waals surface area contributed by atoms with E-state index < -0.39 is 0 Å². The van der Waals surface area contributed by atoms with Crippen molar-refractivity contribution in [3.63, 3.8) is 0 Å². The summed E-state index contributed by atoms with van der Waals surface area (Å²) in [4.78, 5) is 17.5. The number of thiazole rings is 1. The Kier molecular flexibility index (Phi) is 4.50. The molecule has 3 rings (SSSR count). The van der Waals surface area contributed by atoms with Gasteiger partial charge in [-0.3, -0.25) is 4.79 Å². The molecule has 0 N–H and O–H groups in total. The second kappa shape index (κ2) is 6.56. The number of hydrogen-bond acceptors (Lipinski definition) is 3. The van der Waals surface area contributed by atoms with Crippen molar-refractivity contribution < 1.29 is 9.53 Å². The van der Waals surface area contributed by atoms with Crippen molar-refractivity contribution in [1.29, 1.82) is 0 Å². The maximum Gasteiger partial charge on any atom is 0.283 e. The summed E-state index contributed by atoms with van der Waals surface area (Å²) in [6, 6.07) is 12.8. The summed E-state index contributed by atoms with van der Waals surface area (Å²) in [5.41, 5.74) is 1.36. The number of carbonyl (C=O) groups excluding carboxylic acids is 1. The average molecular weight is 347 g/mol. The average Bonchev–Trinajstić information content (AvgIpc) is 2.93. The van der Waals surface area contributed by atoms with E-state index in [-0.39, 0.29) is 5.91 Å². The zero-order valence-corrected chi connectivity index (χ0v) is 14.3. The molecule has 0 aliphatic rings. The van der Waals surface area contributed by atoms with Gasteiger partial charge in [-0.15, -0.1) is 0 Å². The van der Waals surface area contributed by atoms with E-state index in [0.29, 0.717) is 27.7 Å². The molecule has 0 saturated heterocycles. The minimum atomic E-state index is -0.327. The van der Waals surface area contributed by atoms with Crippen LogP contribution >= 0.6 is 22.9 Å². The van der Waals surface area contributed by atoms with Crippen LogP contribution in [0.4, 0.5) is 0 Å². The number of para-hydroxylation sites is 2. The molecule has 4 nitrogen and oxygen atoms in total. The smallest absolute Gasteiger partial charge is 0.283 e. The third-order valence-corrected chi connectivity index (χ3v) is 4.85. The summed E-state index contributed by atoms with van der Waals surface area (Å²) in [5, 5.41) is 0.659. The molecule has 1 heterocycles. The molecule has 0 saturated carbocycles. The van der Waals surface area contributed by atoms with E-state index in [2.05, 4.69) is 4.99 Å². The van der Waals surface area contributed by atoms with Crippen LogP contribution in [0.15, 0.2) is 47.5 Å². The van der Waals surface area contributed by atoms with Gasteiger partial charge in [0.25, 0.3) is 5.91 Å². The summed E-state index contributed by atoms with van der Waals surface area (Å²) >= 11 is 7.74. The number of nitrogens with zero attached hydrogens (tertiary/aromatic N) is 2. The highest BCUT2D eigenvalue weighted by molar-refractivity contribution is 7.16. The van der Waals surface area contributed by atoms with E-state index >= 15 is 0 Å².